The van der Waals surface area contributed by atoms with E-state index in [0.717, 1.165) is 38.1 Å². The Hall–Kier alpha value is -0.910. The molecule has 1 saturated heterocycles. The number of carbonyl (C=O) groups is 2. The van der Waals surface area contributed by atoms with Gasteiger partial charge in [0.05, 0.1) is 10.6 Å². The van der Waals surface area contributed by atoms with E-state index in [1.54, 1.807) is 23.9 Å². The number of nitrogens with one attached hydrogen (secondary N) is 1. The zero-order valence-corrected chi connectivity index (χ0v) is 16.0. The van der Waals surface area contributed by atoms with Crippen LogP contribution in [0, 0.1) is 0 Å². The Kier molecular flexibility index (Phi) is 7.72. The van der Waals surface area contributed by atoms with Crippen molar-refractivity contribution in [1.29, 1.82) is 0 Å². The molecule has 2 amide bonds. The van der Waals surface area contributed by atoms with Gasteiger partial charge in [0.2, 0.25) is 5.91 Å². The number of piperidine rings is 1. The number of benzene rings is 1. The van der Waals surface area contributed by atoms with E-state index in [0.29, 0.717) is 17.0 Å². The molecule has 1 heterocycles. The normalized spacial score (nSPS) is 15.9. The van der Waals surface area contributed by atoms with Gasteiger partial charge in [-0.3, -0.25) is 9.59 Å². The van der Waals surface area contributed by atoms with E-state index in [1.807, 2.05) is 11.2 Å². The molecular formula is C17H22Cl2N2O2S. The highest BCUT2D eigenvalue weighted by atomic mass is 35.5. The molecule has 1 atom stereocenters. The van der Waals surface area contributed by atoms with Gasteiger partial charge in [0.1, 0.15) is 6.04 Å². The highest BCUT2D eigenvalue weighted by Crippen LogP contribution is 2.21. The van der Waals surface area contributed by atoms with Crippen LogP contribution in [0.25, 0.3) is 0 Å². The second-order valence-electron chi connectivity index (χ2n) is 5.82. The lowest BCUT2D eigenvalue weighted by Crippen LogP contribution is -2.50. The number of thioether (sulfide) groups is 1. The van der Waals surface area contributed by atoms with Crippen LogP contribution in [0.4, 0.5) is 0 Å². The first-order valence-corrected chi connectivity index (χ1v) is 10.2. The van der Waals surface area contributed by atoms with Crippen molar-refractivity contribution in [1.82, 2.24) is 10.2 Å². The van der Waals surface area contributed by atoms with Gasteiger partial charge in [-0.25, -0.2) is 0 Å². The predicted octanol–water partition coefficient (Wildman–Crippen LogP) is 3.86. The molecule has 0 aliphatic carbocycles. The first-order chi connectivity index (χ1) is 11.5. The lowest BCUT2D eigenvalue weighted by Gasteiger charge is -2.30. The third-order valence-electron chi connectivity index (χ3n) is 4.06. The Morgan fingerprint density at radius 2 is 1.96 bits per heavy atom. The number of amides is 2. The van der Waals surface area contributed by atoms with E-state index in [2.05, 4.69) is 5.32 Å². The van der Waals surface area contributed by atoms with Crippen LogP contribution < -0.4 is 5.32 Å². The van der Waals surface area contributed by atoms with Crippen molar-refractivity contribution in [2.75, 3.05) is 25.1 Å². The maximum atomic E-state index is 12.8. The van der Waals surface area contributed by atoms with Gasteiger partial charge < -0.3 is 10.2 Å². The summed E-state index contributed by atoms with van der Waals surface area (Å²) in [5.41, 5.74) is 0.335. The molecule has 1 aliphatic rings. The number of nitrogens with zero attached hydrogens (tertiary/aromatic N) is 1. The number of carbonyl (C=O) groups excluding carboxylic acids is 2. The topological polar surface area (TPSA) is 49.4 Å². The Balaban J connectivity index is 2.09. The molecule has 1 fully saturated rings. The van der Waals surface area contributed by atoms with Crippen molar-refractivity contribution in [3.05, 3.63) is 33.8 Å². The monoisotopic (exact) mass is 388 g/mol. The molecule has 132 valence electrons. The average Bonchev–Trinajstić information content (AvgIpc) is 2.58. The number of hydrogen-bond donors (Lipinski definition) is 1. The van der Waals surface area contributed by atoms with Gasteiger partial charge in [-0.1, -0.05) is 23.2 Å². The summed E-state index contributed by atoms with van der Waals surface area (Å²) in [6, 6.07) is 4.21. The summed E-state index contributed by atoms with van der Waals surface area (Å²) in [4.78, 5) is 27.1. The minimum Gasteiger partial charge on any atom is -0.341 e. The predicted molar refractivity (Wildman–Crippen MR) is 101 cm³/mol. The Bertz CT molecular complexity index is 592. The first-order valence-electron chi connectivity index (χ1n) is 8.06. The van der Waals surface area contributed by atoms with Crippen molar-refractivity contribution >= 4 is 46.8 Å². The molecule has 0 unspecified atom stereocenters. The van der Waals surface area contributed by atoms with Gasteiger partial charge in [-0.05, 0) is 55.9 Å². The second kappa shape index (κ2) is 9.54. The van der Waals surface area contributed by atoms with Gasteiger partial charge in [0, 0.05) is 18.1 Å². The number of hydrogen-bond acceptors (Lipinski definition) is 3. The molecule has 2 rings (SSSR count). The largest absolute Gasteiger partial charge is 0.341 e. The molecular weight excluding hydrogens is 367 g/mol. The van der Waals surface area contributed by atoms with Crippen LogP contribution in [0.1, 0.15) is 36.0 Å². The number of likely N-dealkylation sites (tertiary alicyclic amines) is 1. The highest BCUT2D eigenvalue weighted by Gasteiger charge is 2.27. The van der Waals surface area contributed by atoms with Crippen molar-refractivity contribution in [2.24, 2.45) is 0 Å². The van der Waals surface area contributed by atoms with Crippen LogP contribution in [-0.4, -0.2) is 47.9 Å². The molecule has 1 aliphatic heterocycles. The van der Waals surface area contributed by atoms with E-state index in [1.165, 1.54) is 6.07 Å². The number of halogens is 2. The number of rotatable bonds is 6. The SMILES string of the molecule is CSCC[C@@H](NC(=O)c1ccc(Cl)cc1Cl)C(=O)N1CCCCC1. The molecule has 4 nitrogen and oxygen atoms in total. The van der Waals surface area contributed by atoms with Crippen molar-refractivity contribution in [3.8, 4) is 0 Å². The molecule has 0 spiro atoms. The third-order valence-corrected chi connectivity index (χ3v) is 5.25. The zero-order valence-electron chi connectivity index (χ0n) is 13.7. The summed E-state index contributed by atoms with van der Waals surface area (Å²) >= 11 is 13.6. The van der Waals surface area contributed by atoms with E-state index in [4.69, 9.17) is 23.2 Å². The molecule has 1 N–H and O–H groups in total. The van der Waals surface area contributed by atoms with E-state index in [-0.39, 0.29) is 16.8 Å². The van der Waals surface area contributed by atoms with Crippen LogP contribution in [0.15, 0.2) is 18.2 Å². The van der Waals surface area contributed by atoms with Gasteiger partial charge in [0.15, 0.2) is 0 Å². The fourth-order valence-electron chi connectivity index (χ4n) is 2.74. The van der Waals surface area contributed by atoms with E-state index in [9.17, 15) is 9.59 Å². The van der Waals surface area contributed by atoms with Crippen LogP contribution in [0.2, 0.25) is 10.0 Å². The summed E-state index contributed by atoms with van der Waals surface area (Å²) in [7, 11) is 0. The van der Waals surface area contributed by atoms with Gasteiger partial charge in [-0.15, -0.1) is 0 Å². The maximum absolute atomic E-state index is 12.8. The average molecular weight is 389 g/mol. The molecule has 24 heavy (non-hydrogen) atoms. The van der Waals surface area contributed by atoms with Gasteiger partial charge in [-0.2, -0.15) is 11.8 Å². The van der Waals surface area contributed by atoms with Crippen molar-refractivity contribution in [2.45, 2.75) is 31.7 Å². The van der Waals surface area contributed by atoms with Crippen LogP contribution in [-0.2, 0) is 4.79 Å². The van der Waals surface area contributed by atoms with E-state index < -0.39 is 6.04 Å². The minimum absolute atomic E-state index is 0.00202. The Morgan fingerprint density at radius 1 is 1.25 bits per heavy atom. The standard InChI is InChI=1S/C17H22Cl2N2O2S/c1-24-10-7-15(17(23)21-8-3-2-4-9-21)20-16(22)13-6-5-12(18)11-14(13)19/h5-6,11,15H,2-4,7-10H2,1H3,(H,20,22)/t15-/m1/s1. The van der Waals surface area contributed by atoms with Crippen LogP contribution in [0.5, 0.6) is 0 Å². The summed E-state index contributed by atoms with van der Waals surface area (Å²) in [5, 5.41) is 3.61. The van der Waals surface area contributed by atoms with Gasteiger partial charge >= 0.3 is 0 Å². The smallest absolute Gasteiger partial charge is 0.253 e. The fourth-order valence-corrected chi connectivity index (χ4v) is 3.70. The summed E-state index contributed by atoms with van der Waals surface area (Å²) in [6.07, 6.45) is 5.80. The molecule has 0 radical (unpaired) electrons. The first kappa shape index (κ1) is 19.4. The summed E-state index contributed by atoms with van der Waals surface area (Å²) in [5.74, 6) is 0.467. The molecule has 0 aromatic heterocycles. The van der Waals surface area contributed by atoms with Crippen molar-refractivity contribution < 1.29 is 9.59 Å². The molecule has 0 bridgehead atoms. The fraction of sp³-hybridized carbons (Fsp3) is 0.529. The second-order valence-corrected chi connectivity index (χ2v) is 7.65. The summed E-state index contributed by atoms with van der Waals surface area (Å²) in [6.45, 7) is 1.54. The Labute approximate surface area is 157 Å². The zero-order chi connectivity index (χ0) is 17.5. The molecule has 1 aromatic carbocycles. The molecule has 7 heteroatoms. The van der Waals surface area contributed by atoms with Crippen LogP contribution >= 0.6 is 35.0 Å². The van der Waals surface area contributed by atoms with Gasteiger partial charge in [0.25, 0.3) is 5.91 Å². The quantitative estimate of drug-likeness (QED) is 0.804. The third kappa shape index (κ3) is 5.30. The highest BCUT2D eigenvalue weighted by molar-refractivity contribution is 7.98. The van der Waals surface area contributed by atoms with Crippen LogP contribution in [0.3, 0.4) is 0 Å². The minimum atomic E-state index is -0.519. The lowest BCUT2D eigenvalue weighted by molar-refractivity contribution is -0.134. The van der Waals surface area contributed by atoms with Crippen molar-refractivity contribution in [3.63, 3.8) is 0 Å². The maximum Gasteiger partial charge on any atom is 0.253 e. The van der Waals surface area contributed by atoms with E-state index >= 15 is 0 Å². The molecule has 1 aromatic rings. The lowest BCUT2D eigenvalue weighted by atomic mass is 10.1. The summed E-state index contributed by atoms with van der Waals surface area (Å²) < 4.78 is 0. The Morgan fingerprint density at radius 3 is 2.58 bits per heavy atom. The molecule has 0 saturated carbocycles.